The molecule has 3 fully saturated rings. The zero-order chi connectivity index (χ0) is 25.7. The number of aliphatic hydroxyl groups is 3. The van der Waals surface area contributed by atoms with Gasteiger partial charge < -0.3 is 20.1 Å². The van der Waals surface area contributed by atoms with Crippen molar-refractivity contribution in [3.8, 4) is 0 Å². The molecule has 35 heavy (non-hydrogen) atoms. The fourth-order valence-corrected chi connectivity index (χ4v) is 10.7. The lowest BCUT2D eigenvalue weighted by Crippen LogP contribution is -2.72. The molecule has 0 aromatic carbocycles. The minimum atomic E-state index is -1.48. The van der Waals surface area contributed by atoms with Crippen molar-refractivity contribution in [1.29, 1.82) is 0 Å². The van der Waals surface area contributed by atoms with Crippen LogP contribution in [0.3, 0.4) is 0 Å². The molecule has 6 nitrogen and oxygen atoms in total. The van der Waals surface area contributed by atoms with Crippen molar-refractivity contribution in [2.45, 2.75) is 100 Å². The Bertz CT molecular complexity index is 1020. The average molecular weight is 599 g/mol. The summed E-state index contributed by atoms with van der Waals surface area (Å²) in [6.07, 6.45) is 5.97. The van der Waals surface area contributed by atoms with Crippen LogP contribution in [0.5, 0.6) is 0 Å². The lowest BCUT2D eigenvalue weighted by Gasteiger charge is -2.64. The predicted octanol–water partition coefficient (Wildman–Crippen LogP) is 3.89. The van der Waals surface area contributed by atoms with Crippen molar-refractivity contribution in [2.24, 2.45) is 34.5 Å². The SMILES string of the molecule is CC1=C(C)C(=O)O[C@@H]([C@](C)(O)[C@H]2CC[C@H]3[C@@H]4C[C@H](I)[C@]5(O)[C@@H](O)C=CC(=O)[C@]5(C)[C@H]4CC[C@]23C)C1. The van der Waals surface area contributed by atoms with E-state index in [1.807, 2.05) is 20.8 Å². The van der Waals surface area contributed by atoms with Crippen LogP contribution in [0.15, 0.2) is 23.3 Å². The van der Waals surface area contributed by atoms with Gasteiger partial charge in [-0.2, -0.15) is 0 Å². The second kappa shape index (κ2) is 8.11. The third-order valence-electron chi connectivity index (χ3n) is 11.4. The molecule has 0 aromatic rings. The number of esters is 1. The summed E-state index contributed by atoms with van der Waals surface area (Å²) in [5.41, 5.74) is -2.21. The standard InChI is InChI=1S/C28H39IO6/c1-14-12-23(35-24(32)15(14)2)27(5,33)19-7-6-17-16-13-20(29)28(34)22(31)9-8-21(30)26(28,4)18(16)10-11-25(17,19)3/h8-9,16-20,22-23,31,33-34H,6-7,10-13H2,1-5H3/t16-,17-,18-,19-,20-,22-,23+,25-,26-,27+,28-/m0/s1. The van der Waals surface area contributed by atoms with Crippen LogP contribution < -0.4 is 0 Å². The molecule has 5 aliphatic rings. The van der Waals surface area contributed by atoms with Gasteiger partial charge in [0.05, 0.1) is 5.41 Å². The van der Waals surface area contributed by atoms with E-state index in [4.69, 9.17) is 4.74 Å². The molecule has 0 saturated heterocycles. The zero-order valence-corrected chi connectivity index (χ0v) is 23.5. The Kier molecular flexibility index (Phi) is 5.99. The summed E-state index contributed by atoms with van der Waals surface area (Å²) < 4.78 is 5.50. The number of allylic oxidation sites excluding steroid dienone is 1. The molecular formula is C28H39IO6. The molecule has 194 valence electrons. The molecule has 0 aromatic heterocycles. The minimum Gasteiger partial charge on any atom is -0.456 e. The number of ketones is 1. The van der Waals surface area contributed by atoms with E-state index in [1.54, 1.807) is 6.92 Å². The van der Waals surface area contributed by atoms with Crippen molar-refractivity contribution in [1.82, 2.24) is 0 Å². The second-order valence-electron chi connectivity index (χ2n) is 12.7. The molecule has 0 amide bonds. The molecule has 0 unspecified atom stereocenters. The molecule has 0 bridgehead atoms. The smallest absolute Gasteiger partial charge is 0.334 e. The number of fused-ring (bicyclic) bond motifs is 5. The van der Waals surface area contributed by atoms with Gasteiger partial charge in [0.25, 0.3) is 0 Å². The normalized spacial score (nSPS) is 51.3. The molecule has 11 atom stereocenters. The van der Waals surface area contributed by atoms with Gasteiger partial charge in [-0.15, -0.1) is 0 Å². The number of hydrogen-bond donors (Lipinski definition) is 3. The quantitative estimate of drug-likeness (QED) is 0.253. The summed E-state index contributed by atoms with van der Waals surface area (Å²) in [5, 5.41) is 34.6. The van der Waals surface area contributed by atoms with Crippen LogP contribution in [0.25, 0.3) is 0 Å². The van der Waals surface area contributed by atoms with Gasteiger partial charge in [-0.1, -0.05) is 35.1 Å². The van der Waals surface area contributed by atoms with Crippen molar-refractivity contribution >= 4 is 34.3 Å². The molecular weight excluding hydrogens is 559 g/mol. The summed E-state index contributed by atoms with van der Waals surface area (Å²) in [5.74, 6) is 0.0502. The molecule has 1 aliphatic heterocycles. The highest BCUT2D eigenvalue weighted by Gasteiger charge is 2.71. The van der Waals surface area contributed by atoms with E-state index >= 15 is 0 Å². The predicted molar refractivity (Wildman–Crippen MR) is 140 cm³/mol. The van der Waals surface area contributed by atoms with E-state index < -0.39 is 28.8 Å². The number of ether oxygens (including phenoxy) is 1. The first-order valence-electron chi connectivity index (χ1n) is 13.1. The summed E-state index contributed by atoms with van der Waals surface area (Å²) in [6.45, 7) is 9.71. The van der Waals surface area contributed by atoms with Gasteiger partial charge in [0.15, 0.2) is 5.78 Å². The Morgan fingerprint density at radius 1 is 1.14 bits per heavy atom. The van der Waals surface area contributed by atoms with Crippen molar-refractivity contribution in [3.63, 3.8) is 0 Å². The van der Waals surface area contributed by atoms with E-state index in [0.717, 1.165) is 37.7 Å². The number of cyclic esters (lactones) is 1. The van der Waals surface area contributed by atoms with Gasteiger partial charge >= 0.3 is 5.97 Å². The fourth-order valence-electron chi connectivity index (χ4n) is 9.12. The Hall–Kier alpha value is -0.770. The number of halogens is 1. The number of carbonyl (C=O) groups excluding carboxylic acids is 2. The Morgan fingerprint density at radius 2 is 1.83 bits per heavy atom. The fraction of sp³-hybridized carbons (Fsp3) is 0.786. The van der Waals surface area contributed by atoms with Crippen molar-refractivity contribution in [3.05, 3.63) is 23.3 Å². The molecule has 7 heteroatoms. The van der Waals surface area contributed by atoms with Gasteiger partial charge in [0.1, 0.15) is 23.4 Å². The number of alkyl halides is 1. The van der Waals surface area contributed by atoms with Crippen molar-refractivity contribution in [2.75, 3.05) is 0 Å². The first kappa shape index (κ1) is 25.9. The van der Waals surface area contributed by atoms with Gasteiger partial charge in [-0.05, 0) is 101 Å². The lowest BCUT2D eigenvalue weighted by atomic mass is 9.43. The largest absolute Gasteiger partial charge is 0.456 e. The molecule has 5 rings (SSSR count). The van der Waals surface area contributed by atoms with Crippen molar-refractivity contribution < 1.29 is 29.6 Å². The van der Waals surface area contributed by atoms with Crippen LogP contribution in [-0.2, 0) is 14.3 Å². The topological polar surface area (TPSA) is 104 Å². The molecule has 3 saturated carbocycles. The summed E-state index contributed by atoms with van der Waals surface area (Å²) in [4.78, 5) is 25.8. The monoisotopic (exact) mass is 598 g/mol. The summed E-state index contributed by atoms with van der Waals surface area (Å²) in [7, 11) is 0. The number of hydrogen-bond acceptors (Lipinski definition) is 6. The summed E-state index contributed by atoms with van der Waals surface area (Å²) >= 11 is 2.25. The third-order valence-corrected chi connectivity index (χ3v) is 12.9. The van der Waals surface area contributed by atoms with E-state index in [9.17, 15) is 24.9 Å². The van der Waals surface area contributed by atoms with E-state index in [0.29, 0.717) is 17.9 Å². The van der Waals surface area contributed by atoms with Gasteiger partial charge in [0, 0.05) is 15.9 Å². The van der Waals surface area contributed by atoms with Gasteiger partial charge in [0.2, 0.25) is 0 Å². The Morgan fingerprint density at radius 3 is 2.49 bits per heavy atom. The highest BCUT2D eigenvalue weighted by molar-refractivity contribution is 14.1. The number of aliphatic hydroxyl groups excluding tert-OH is 1. The third kappa shape index (κ3) is 3.23. The maximum Gasteiger partial charge on any atom is 0.334 e. The van der Waals surface area contributed by atoms with Crippen LogP contribution in [0, 0.1) is 34.5 Å². The maximum atomic E-state index is 13.3. The zero-order valence-electron chi connectivity index (χ0n) is 21.4. The van der Waals surface area contributed by atoms with Crippen LogP contribution in [0.2, 0.25) is 0 Å². The number of carbonyl (C=O) groups is 2. The van der Waals surface area contributed by atoms with Crippen LogP contribution in [0.4, 0.5) is 0 Å². The highest BCUT2D eigenvalue weighted by atomic mass is 127. The molecule has 1 heterocycles. The van der Waals surface area contributed by atoms with Gasteiger partial charge in [-0.25, -0.2) is 4.79 Å². The maximum absolute atomic E-state index is 13.3. The Balaban J connectivity index is 1.47. The highest BCUT2D eigenvalue weighted by Crippen LogP contribution is 2.69. The van der Waals surface area contributed by atoms with Crippen LogP contribution >= 0.6 is 22.6 Å². The molecule has 3 N–H and O–H groups in total. The van der Waals surface area contributed by atoms with Crippen LogP contribution in [0.1, 0.15) is 73.1 Å². The minimum absolute atomic E-state index is 0.0206. The average Bonchev–Trinajstić information content (AvgIpc) is 3.16. The lowest BCUT2D eigenvalue weighted by molar-refractivity contribution is -0.217. The van der Waals surface area contributed by atoms with E-state index in [-0.39, 0.29) is 38.8 Å². The molecule has 4 aliphatic carbocycles. The number of rotatable bonds is 2. The molecule has 0 spiro atoms. The van der Waals surface area contributed by atoms with E-state index in [2.05, 4.69) is 29.5 Å². The van der Waals surface area contributed by atoms with Crippen LogP contribution in [-0.4, -0.2) is 54.4 Å². The Labute approximate surface area is 221 Å². The van der Waals surface area contributed by atoms with E-state index in [1.165, 1.54) is 12.2 Å². The molecule has 0 radical (unpaired) electrons. The second-order valence-corrected chi connectivity index (χ2v) is 14.2. The van der Waals surface area contributed by atoms with Gasteiger partial charge in [-0.3, -0.25) is 4.79 Å². The first-order chi connectivity index (χ1) is 16.2. The first-order valence-corrected chi connectivity index (χ1v) is 14.3. The summed E-state index contributed by atoms with van der Waals surface area (Å²) in [6, 6.07) is 0.